The van der Waals surface area contributed by atoms with Crippen LogP contribution in [0.3, 0.4) is 0 Å². The van der Waals surface area contributed by atoms with E-state index in [0.717, 1.165) is 4.68 Å². The van der Waals surface area contributed by atoms with Crippen LogP contribution in [-0.2, 0) is 11.3 Å². The molecule has 1 amide bonds. The number of nitrogens with zero attached hydrogens (tertiary/aromatic N) is 2. The summed E-state index contributed by atoms with van der Waals surface area (Å²) >= 11 is 0. The number of benzene rings is 2. The van der Waals surface area contributed by atoms with Crippen molar-refractivity contribution in [2.24, 2.45) is 0 Å². The van der Waals surface area contributed by atoms with Crippen molar-refractivity contribution in [2.45, 2.75) is 12.8 Å². The van der Waals surface area contributed by atoms with E-state index in [0.29, 0.717) is 16.5 Å². The molecule has 0 saturated heterocycles. The molecule has 0 aliphatic rings. The highest BCUT2D eigenvalue weighted by Gasteiger charge is 2.27. The molecule has 0 atom stereocenters. The molecule has 140 valence electrons. The van der Waals surface area contributed by atoms with E-state index < -0.39 is 24.2 Å². The number of amides is 1. The molecule has 0 spiro atoms. The Morgan fingerprint density at radius 2 is 1.81 bits per heavy atom. The summed E-state index contributed by atoms with van der Waals surface area (Å²) in [6, 6.07) is 12.5. The average molecular weight is 377 g/mol. The van der Waals surface area contributed by atoms with Crippen molar-refractivity contribution in [2.75, 3.05) is 12.0 Å². The highest BCUT2D eigenvalue weighted by atomic mass is 19.4. The quantitative estimate of drug-likeness (QED) is 0.742. The van der Waals surface area contributed by atoms with E-state index in [2.05, 4.69) is 15.1 Å². The molecule has 0 fully saturated rings. The van der Waals surface area contributed by atoms with E-state index in [4.69, 9.17) is 0 Å². The Balaban J connectivity index is 1.68. The standard InChI is InChI=1S/C18H14F3N3O3/c19-18(20,21)10-27-9-12-5-7-13(8-6-12)16(25)23-24-11-22-15-4-2-1-3-14(15)17(24)26/h1-8,11H,9-10H2,(H,23,25). The summed E-state index contributed by atoms with van der Waals surface area (Å²) in [5.41, 5.74) is 3.23. The molecule has 0 aliphatic carbocycles. The van der Waals surface area contributed by atoms with Crippen LogP contribution in [-0.4, -0.2) is 28.4 Å². The molecule has 1 aromatic heterocycles. The van der Waals surface area contributed by atoms with Crippen LogP contribution in [0, 0.1) is 0 Å². The number of carbonyl (C=O) groups is 1. The van der Waals surface area contributed by atoms with Gasteiger partial charge in [-0.3, -0.25) is 15.0 Å². The van der Waals surface area contributed by atoms with Crippen LogP contribution < -0.4 is 11.0 Å². The van der Waals surface area contributed by atoms with Crippen molar-refractivity contribution in [3.05, 3.63) is 76.3 Å². The summed E-state index contributed by atoms with van der Waals surface area (Å²) in [4.78, 5) is 28.7. The molecule has 0 saturated carbocycles. The van der Waals surface area contributed by atoms with Crippen molar-refractivity contribution in [1.29, 1.82) is 0 Å². The van der Waals surface area contributed by atoms with Crippen LogP contribution in [0.25, 0.3) is 10.9 Å². The van der Waals surface area contributed by atoms with E-state index in [1.54, 1.807) is 24.3 Å². The molecule has 2 aromatic carbocycles. The summed E-state index contributed by atoms with van der Waals surface area (Å²) in [5, 5.41) is 0.359. The number of hydrogen-bond donors (Lipinski definition) is 1. The Kier molecular flexibility index (Phi) is 5.22. The molecule has 9 heteroatoms. The predicted molar refractivity (Wildman–Crippen MR) is 91.8 cm³/mol. The van der Waals surface area contributed by atoms with Crippen molar-refractivity contribution in [3.63, 3.8) is 0 Å². The largest absolute Gasteiger partial charge is 0.411 e. The first-order valence-corrected chi connectivity index (χ1v) is 7.85. The van der Waals surface area contributed by atoms with Gasteiger partial charge in [-0.15, -0.1) is 0 Å². The number of rotatable bonds is 5. The minimum absolute atomic E-state index is 0.227. The maximum absolute atomic E-state index is 12.3. The summed E-state index contributed by atoms with van der Waals surface area (Å²) in [7, 11) is 0. The number of carbonyl (C=O) groups excluding carboxylic acids is 1. The molecule has 0 aliphatic heterocycles. The Morgan fingerprint density at radius 1 is 1.11 bits per heavy atom. The number of alkyl halides is 3. The summed E-state index contributed by atoms with van der Waals surface area (Å²) in [5.74, 6) is -0.558. The monoisotopic (exact) mass is 377 g/mol. The van der Waals surface area contributed by atoms with Crippen LogP contribution in [0.4, 0.5) is 13.2 Å². The lowest BCUT2D eigenvalue weighted by molar-refractivity contribution is -0.176. The highest BCUT2D eigenvalue weighted by Crippen LogP contribution is 2.16. The Morgan fingerprint density at radius 3 is 2.52 bits per heavy atom. The molecular weight excluding hydrogens is 363 g/mol. The Labute approximate surface area is 151 Å². The second-order valence-corrected chi connectivity index (χ2v) is 5.68. The zero-order valence-electron chi connectivity index (χ0n) is 13.9. The van der Waals surface area contributed by atoms with Gasteiger partial charge in [0.05, 0.1) is 17.5 Å². The fourth-order valence-electron chi connectivity index (χ4n) is 2.36. The van der Waals surface area contributed by atoms with Crippen LogP contribution in [0.1, 0.15) is 15.9 Å². The lowest BCUT2D eigenvalue weighted by atomic mass is 10.1. The Hall–Kier alpha value is -3.20. The molecule has 6 nitrogen and oxygen atoms in total. The van der Waals surface area contributed by atoms with Gasteiger partial charge in [-0.2, -0.15) is 13.2 Å². The molecule has 27 heavy (non-hydrogen) atoms. The molecule has 0 unspecified atom stereocenters. The first-order valence-electron chi connectivity index (χ1n) is 7.85. The minimum atomic E-state index is -4.39. The van der Waals surface area contributed by atoms with E-state index in [-0.39, 0.29) is 12.2 Å². The lowest BCUT2D eigenvalue weighted by Gasteiger charge is -2.10. The fraction of sp³-hybridized carbons (Fsp3) is 0.167. The van der Waals surface area contributed by atoms with Gasteiger partial charge in [0.1, 0.15) is 12.9 Å². The minimum Gasteiger partial charge on any atom is -0.367 e. The van der Waals surface area contributed by atoms with Gasteiger partial charge >= 0.3 is 6.18 Å². The lowest BCUT2D eigenvalue weighted by Crippen LogP contribution is -2.33. The number of nitrogens with one attached hydrogen (secondary N) is 1. The van der Waals surface area contributed by atoms with Gasteiger partial charge in [0.15, 0.2) is 0 Å². The second kappa shape index (κ2) is 7.58. The normalized spacial score (nSPS) is 11.5. The zero-order chi connectivity index (χ0) is 19.4. The van der Waals surface area contributed by atoms with Crippen molar-refractivity contribution in [3.8, 4) is 0 Å². The van der Waals surface area contributed by atoms with Crippen molar-refractivity contribution in [1.82, 2.24) is 9.66 Å². The summed E-state index contributed by atoms with van der Waals surface area (Å²) in [6.45, 7) is -1.57. The third kappa shape index (κ3) is 4.70. The molecule has 3 rings (SSSR count). The SMILES string of the molecule is O=C(Nn1cnc2ccccc2c1=O)c1ccc(COCC(F)(F)F)cc1. The number of fused-ring (bicyclic) bond motifs is 1. The van der Waals surface area contributed by atoms with Gasteiger partial charge in [-0.1, -0.05) is 24.3 Å². The number of hydrogen-bond acceptors (Lipinski definition) is 4. The van der Waals surface area contributed by atoms with E-state index in [1.807, 2.05) is 0 Å². The molecule has 1 N–H and O–H groups in total. The number of ether oxygens (including phenoxy) is 1. The first kappa shape index (κ1) is 18.6. The fourth-order valence-corrected chi connectivity index (χ4v) is 2.36. The first-order chi connectivity index (χ1) is 12.8. The highest BCUT2D eigenvalue weighted by molar-refractivity contribution is 6.00. The van der Waals surface area contributed by atoms with Gasteiger partial charge in [0, 0.05) is 5.56 Å². The number of halogens is 3. The Bertz CT molecular complexity index is 1010. The molecule has 0 radical (unpaired) electrons. The maximum Gasteiger partial charge on any atom is 0.411 e. The van der Waals surface area contributed by atoms with E-state index >= 15 is 0 Å². The molecule has 0 bridgehead atoms. The van der Waals surface area contributed by atoms with Gasteiger partial charge < -0.3 is 4.74 Å². The maximum atomic E-state index is 12.3. The molecule has 1 heterocycles. The summed E-state index contributed by atoms with van der Waals surface area (Å²) in [6.07, 6.45) is -3.18. The third-order valence-corrected chi connectivity index (χ3v) is 3.64. The predicted octanol–water partition coefficient (Wildman–Crippen LogP) is 2.86. The second-order valence-electron chi connectivity index (χ2n) is 5.68. The van der Waals surface area contributed by atoms with Crippen LogP contribution >= 0.6 is 0 Å². The van der Waals surface area contributed by atoms with Gasteiger partial charge in [-0.25, -0.2) is 9.66 Å². The molecular formula is C18H14F3N3O3. The van der Waals surface area contributed by atoms with Gasteiger partial charge in [-0.05, 0) is 29.8 Å². The average Bonchev–Trinajstić information content (AvgIpc) is 2.64. The summed E-state index contributed by atoms with van der Waals surface area (Å²) < 4.78 is 41.7. The zero-order valence-corrected chi connectivity index (χ0v) is 13.9. The number of aromatic nitrogens is 2. The van der Waals surface area contributed by atoms with E-state index in [9.17, 15) is 22.8 Å². The van der Waals surface area contributed by atoms with E-state index in [1.165, 1.54) is 30.6 Å². The van der Waals surface area contributed by atoms with Crippen LogP contribution in [0.2, 0.25) is 0 Å². The van der Waals surface area contributed by atoms with Gasteiger partial charge in [0.2, 0.25) is 0 Å². The molecule has 3 aromatic rings. The van der Waals surface area contributed by atoms with Crippen molar-refractivity contribution >= 4 is 16.8 Å². The van der Waals surface area contributed by atoms with Crippen LogP contribution in [0.5, 0.6) is 0 Å². The third-order valence-electron chi connectivity index (χ3n) is 3.64. The smallest absolute Gasteiger partial charge is 0.367 e. The number of para-hydroxylation sites is 1. The topological polar surface area (TPSA) is 73.2 Å². The van der Waals surface area contributed by atoms with Gasteiger partial charge in [0.25, 0.3) is 11.5 Å². The van der Waals surface area contributed by atoms with Crippen molar-refractivity contribution < 1.29 is 22.7 Å². The van der Waals surface area contributed by atoms with Crippen LogP contribution in [0.15, 0.2) is 59.7 Å².